The van der Waals surface area contributed by atoms with Crippen LogP contribution in [0.1, 0.15) is 70.2 Å². The third-order valence-corrected chi connectivity index (χ3v) is 5.91. The fraction of sp³-hybridized carbons (Fsp3) is 0.586. The molecule has 0 saturated carbocycles. The van der Waals surface area contributed by atoms with Gasteiger partial charge in [0.2, 0.25) is 0 Å². The number of aliphatic hydroxyl groups excluding tert-OH is 2. The van der Waals surface area contributed by atoms with Gasteiger partial charge in [0.25, 0.3) is 0 Å². The Hall–Kier alpha value is -2.04. The van der Waals surface area contributed by atoms with Crippen LogP contribution in [-0.4, -0.2) is 35.6 Å². The first kappa shape index (κ1) is 27.2. The monoisotopic (exact) mass is 456 g/mol. The van der Waals surface area contributed by atoms with Gasteiger partial charge in [-0.05, 0) is 103 Å². The number of benzene rings is 2. The second kappa shape index (κ2) is 10.5. The van der Waals surface area contributed by atoms with E-state index < -0.39 is 12.2 Å². The standard InChI is InChI=1S/C29H44O4/c1-18-11-22(12-19(2)26(18)32-16-24(30)15-28(5,6)7)23-13-20(3)27(21(4)14-23)33-17-25(31)29(8,9)10/h11-14,24-25,30-31H,15-17H2,1-10H3. The van der Waals surface area contributed by atoms with Crippen molar-refractivity contribution in [2.75, 3.05) is 13.2 Å². The number of ether oxygens (including phenoxy) is 2. The van der Waals surface area contributed by atoms with Crippen molar-refractivity contribution in [3.8, 4) is 22.6 Å². The Kier molecular flexibility index (Phi) is 8.64. The van der Waals surface area contributed by atoms with Gasteiger partial charge in [-0.2, -0.15) is 0 Å². The largest absolute Gasteiger partial charge is 0.490 e. The summed E-state index contributed by atoms with van der Waals surface area (Å²) in [5, 5.41) is 20.6. The maximum atomic E-state index is 10.3. The Balaban J connectivity index is 2.20. The van der Waals surface area contributed by atoms with Crippen molar-refractivity contribution >= 4 is 0 Å². The number of rotatable bonds is 8. The molecule has 2 unspecified atom stereocenters. The molecule has 0 aromatic heterocycles. The molecule has 0 fully saturated rings. The van der Waals surface area contributed by atoms with E-state index in [2.05, 4.69) is 45.0 Å². The van der Waals surface area contributed by atoms with Crippen molar-refractivity contribution in [1.82, 2.24) is 0 Å². The van der Waals surface area contributed by atoms with E-state index in [4.69, 9.17) is 9.47 Å². The molecule has 4 nitrogen and oxygen atoms in total. The van der Waals surface area contributed by atoms with Crippen molar-refractivity contribution < 1.29 is 19.7 Å². The smallest absolute Gasteiger partial charge is 0.125 e. The normalized spacial score (nSPS) is 14.2. The van der Waals surface area contributed by atoms with Crippen LogP contribution in [0.2, 0.25) is 0 Å². The SMILES string of the molecule is Cc1cc(-c2cc(C)c(OCC(O)C(C)(C)C)c(C)c2)cc(C)c1OCC(O)CC(C)(C)C. The molecule has 2 rings (SSSR count). The van der Waals surface area contributed by atoms with E-state index in [9.17, 15) is 10.2 Å². The summed E-state index contributed by atoms with van der Waals surface area (Å²) in [6.45, 7) is 21.1. The van der Waals surface area contributed by atoms with E-state index >= 15 is 0 Å². The molecule has 0 bridgehead atoms. The van der Waals surface area contributed by atoms with Crippen LogP contribution in [0.3, 0.4) is 0 Å². The van der Waals surface area contributed by atoms with Gasteiger partial charge in [-0.1, -0.05) is 41.5 Å². The van der Waals surface area contributed by atoms with Crippen molar-refractivity contribution in [2.24, 2.45) is 10.8 Å². The number of hydrogen-bond acceptors (Lipinski definition) is 4. The van der Waals surface area contributed by atoms with Crippen molar-refractivity contribution in [3.05, 3.63) is 46.5 Å². The molecule has 4 heteroatoms. The molecule has 2 N–H and O–H groups in total. The van der Waals surface area contributed by atoms with Gasteiger partial charge >= 0.3 is 0 Å². The Bertz CT molecular complexity index is 901. The van der Waals surface area contributed by atoms with Crippen LogP contribution in [0.15, 0.2) is 24.3 Å². The average Bonchev–Trinajstić information content (AvgIpc) is 2.64. The summed E-state index contributed by atoms with van der Waals surface area (Å²) in [6, 6.07) is 8.54. The highest BCUT2D eigenvalue weighted by Gasteiger charge is 2.23. The maximum Gasteiger partial charge on any atom is 0.125 e. The van der Waals surface area contributed by atoms with Gasteiger partial charge in [0.1, 0.15) is 24.7 Å². The van der Waals surface area contributed by atoms with E-state index in [0.29, 0.717) is 13.0 Å². The molecule has 0 aliphatic heterocycles. The molecule has 0 heterocycles. The number of aryl methyl sites for hydroxylation is 4. The molecular weight excluding hydrogens is 412 g/mol. The van der Waals surface area contributed by atoms with E-state index in [1.165, 1.54) is 0 Å². The predicted octanol–water partition coefficient (Wildman–Crippen LogP) is 6.55. The summed E-state index contributed by atoms with van der Waals surface area (Å²) < 4.78 is 12.0. The Morgan fingerprint density at radius 1 is 0.667 bits per heavy atom. The maximum absolute atomic E-state index is 10.3. The van der Waals surface area contributed by atoms with Gasteiger partial charge in [-0.3, -0.25) is 0 Å². The summed E-state index contributed by atoms with van der Waals surface area (Å²) in [6.07, 6.45) is -0.322. The molecule has 0 amide bonds. The molecule has 0 saturated heterocycles. The highest BCUT2D eigenvalue weighted by molar-refractivity contribution is 5.70. The second-order valence-corrected chi connectivity index (χ2v) is 11.8. The Morgan fingerprint density at radius 3 is 1.36 bits per heavy atom. The van der Waals surface area contributed by atoms with Gasteiger partial charge in [0.05, 0.1) is 12.2 Å². The summed E-state index contributed by atoms with van der Waals surface area (Å²) in [5.74, 6) is 1.68. The van der Waals surface area contributed by atoms with Crippen molar-refractivity contribution in [2.45, 2.75) is 87.9 Å². The van der Waals surface area contributed by atoms with Crippen LogP contribution in [0.5, 0.6) is 11.5 Å². The van der Waals surface area contributed by atoms with E-state index in [0.717, 1.165) is 44.9 Å². The molecule has 0 spiro atoms. The number of aliphatic hydroxyl groups is 2. The van der Waals surface area contributed by atoms with Gasteiger partial charge in [0.15, 0.2) is 0 Å². The summed E-state index contributed by atoms with van der Waals surface area (Å²) in [7, 11) is 0. The Morgan fingerprint density at radius 2 is 1.03 bits per heavy atom. The molecule has 184 valence electrons. The zero-order valence-electron chi connectivity index (χ0n) is 22.3. The molecule has 2 aromatic carbocycles. The Labute approximate surface area is 201 Å². The summed E-state index contributed by atoms with van der Waals surface area (Å²) in [4.78, 5) is 0. The third-order valence-electron chi connectivity index (χ3n) is 5.91. The molecule has 2 aromatic rings. The van der Waals surface area contributed by atoms with Crippen LogP contribution in [0, 0.1) is 38.5 Å². The average molecular weight is 457 g/mol. The first-order valence-corrected chi connectivity index (χ1v) is 11.9. The molecular formula is C29H44O4. The lowest BCUT2D eigenvalue weighted by Gasteiger charge is -2.26. The van der Waals surface area contributed by atoms with Crippen LogP contribution >= 0.6 is 0 Å². The van der Waals surface area contributed by atoms with Crippen LogP contribution < -0.4 is 9.47 Å². The molecule has 2 atom stereocenters. The minimum absolute atomic E-state index is 0.0627. The summed E-state index contributed by atoms with van der Waals surface area (Å²) >= 11 is 0. The number of hydrogen-bond donors (Lipinski definition) is 2. The minimum Gasteiger partial charge on any atom is -0.490 e. The first-order valence-electron chi connectivity index (χ1n) is 11.9. The summed E-state index contributed by atoms with van der Waals surface area (Å²) in [5.41, 5.74) is 6.29. The molecule has 0 aliphatic rings. The second-order valence-electron chi connectivity index (χ2n) is 11.8. The fourth-order valence-electron chi connectivity index (χ4n) is 4.05. The predicted molar refractivity (Wildman–Crippen MR) is 137 cm³/mol. The van der Waals surface area contributed by atoms with Crippen LogP contribution in [0.25, 0.3) is 11.1 Å². The van der Waals surface area contributed by atoms with Gasteiger partial charge < -0.3 is 19.7 Å². The minimum atomic E-state index is -0.532. The van der Waals surface area contributed by atoms with Gasteiger partial charge in [0, 0.05) is 0 Å². The first-order chi connectivity index (χ1) is 15.1. The third kappa shape index (κ3) is 7.75. The zero-order valence-corrected chi connectivity index (χ0v) is 22.3. The van der Waals surface area contributed by atoms with Gasteiger partial charge in [-0.25, -0.2) is 0 Å². The van der Waals surface area contributed by atoms with E-state index in [-0.39, 0.29) is 17.4 Å². The van der Waals surface area contributed by atoms with Crippen molar-refractivity contribution in [1.29, 1.82) is 0 Å². The lowest BCUT2D eigenvalue weighted by atomic mass is 9.89. The van der Waals surface area contributed by atoms with Gasteiger partial charge in [-0.15, -0.1) is 0 Å². The van der Waals surface area contributed by atoms with Crippen molar-refractivity contribution in [3.63, 3.8) is 0 Å². The van der Waals surface area contributed by atoms with E-state index in [1.54, 1.807) is 0 Å². The topological polar surface area (TPSA) is 58.9 Å². The van der Waals surface area contributed by atoms with Crippen LogP contribution in [0.4, 0.5) is 0 Å². The zero-order chi connectivity index (χ0) is 25.1. The fourth-order valence-corrected chi connectivity index (χ4v) is 4.05. The molecule has 0 radical (unpaired) electrons. The quantitative estimate of drug-likeness (QED) is 0.473. The highest BCUT2D eigenvalue weighted by Crippen LogP contribution is 2.35. The lowest BCUT2D eigenvalue weighted by Crippen LogP contribution is -2.32. The molecule has 0 aliphatic carbocycles. The lowest BCUT2D eigenvalue weighted by molar-refractivity contribution is 0.0214. The van der Waals surface area contributed by atoms with Crippen LogP contribution in [-0.2, 0) is 0 Å². The van der Waals surface area contributed by atoms with E-state index in [1.807, 2.05) is 48.5 Å². The molecule has 33 heavy (non-hydrogen) atoms. The highest BCUT2D eigenvalue weighted by atomic mass is 16.5.